The van der Waals surface area contributed by atoms with Crippen molar-refractivity contribution < 1.29 is 40.6 Å². The number of ketones is 1. The summed E-state index contributed by atoms with van der Waals surface area (Å²) in [6.45, 7) is 0. The number of carbonyl (C=O) groups is 1. The number of hydrogen-bond acceptors (Lipinski definition) is 4. The molecule has 0 amide bonds. The van der Waals surface area contributed by atoms with Gasteiger partial charge in [0.1, 0.15) is 0 Å². The van der Waals surface area contributed by atoms with Gasteiger partial charge in [-0.05, 0) is 48.2 Å². The molecule has 0 aliphatic heterocycles. The molecule has 0 N–H and O–H groups in total. The summed E-state index contributed by atoms with van der Waals surface area (Å²) in [6.07, 6.45) is -6.42. The second-order valence-electron chi connectivity index (χ2n) is 5.94. The van der Waals surface area contributed by atoms with E-state index in [1.54, 1.807) is 12.3 Å². The van der Waals surface area contributed by atoms with Gasteiger partial charge < -0.3 is 9.47 Å². The zero-order valence-electron chi connectivity index (χ0n) is 15.9. The molecule has 0 saturated carbocycles. The maximum atomic E-state index is 13.0. The number of rotatable bonds is 6. The van der Waals surface area contributed by atoms with Crippen LogP contribution in [0.5, 0.6) is 11.5 Å². The first-order valence-electron chi connectivity index (χ1n) is 8.22. The summed E-state index contributed by atoms with van der Waals surface area (Å²) in [7, 11) is 2.78. The first kappa shape index (κ1) is 23.7. The lowest BCUT2D eigenvalue weighted by atomic mass is 10.0. The molecule has 162 valence electrons. The van der Waals surface area contributed by atoms with Crippen molar-refractivity contribution in [2.75, 3.05) is 20.5 Å². The monoisotopic (exact) mass is 450 g/mol. The number of allylic oxidation sites excluding steroid dienone is 1. The van der Waals surface area contributed by atoms with E-state index < -0.39 is 34.8 Å². The predicted octanol–water partition coefficient (Wildman–Crippen LogP) is 6.36. The summed E-state index contributed by atoms with van der Waals surface area (Å²) in [5.74, 6) is 0.00632. The van der Waals surface area contributed by atoms with Crippen LogP contribution in [0.1, 0.15) is 27.0 Å². The van der Waals surface area contributed by atoms with Crippen LogP contribution in [0.3, 0.4) is 0 Å². The fourth-order valence-electron chi connectivity index (χ4n) is 2.56. The van der Waals surface area contributed by atoms with Crippen LogP contribution in [-0.2, 0) is 12.4 Å². The molecule has 0 fully saturated rings. The maximum absolute atomic E-state index is 13.0. The molecule has 2 aromatic carbocycles. The quantitative estimate of drug-likeness (QED) is 0.222. The summed E-state index contributed by atoms with van der Waals surface area (Å²) in [5, 5.41) is 0. The van der Waals surface area contributed by atoms with Crippen molar-refractivity contribution in [1.82, 2.24) is 0 Å². The van der Waals surface area contributed by atoms with Crippen molar-refractivity contribution in [2.24, 2.45) is 0 Å². The van der Waals surface area contributed by atoms with E-state index >= 15 is 0 Å². The van der Waals surface area contributed by atoms with Gasteiger partial charge in [0, 0.05) is 10.5 Å². The lowest BCUT2D eigenvalue weighted by Gasteiger charge is -2.13. The van der Waals surface area contributed by atoms with Crippen LogP contribution in [0.25, 0.3) is 6.08 Å². The Morgan fingerprint density at radius 1 is 0.867 bits per heavy atom. The number of alkyl halides is 6. The van der Waals surface area contributed by atoms with Crippen LogP contribution >= 0.6 is 11.8 Å². The van der Waals surface area contributed by atoms with E-state index in [-0.39, 0.29) is 17.4 Å². The third-order valence-corrected chi connectivity index (χ3v) is 4.79. The lowest BCUT2D eigenvalue weighted by molar-refractivity contribution is -0.143. The Bertz CT molecular complexity index is 932. The summed E-state index contributed by atoms with van der Waals surface area (Å²) in [4.78, 5) is 13.1. The summed E-state index contributed by atoms with van der Waals surface area (Å²) < 4.78 is 88.1. The molecule has 0 aromatic heterocycles. The van der Waals surface area contributed by atoms with Gasteiger partial charge in [-0.1, -0.05) is 6.08 Å². The van der Waals surface area contributed by atoms with Gasteiger partial charge in [0.25, 0.3) is 0 Å². The molecule has 0 unspecified atom stereocenters. The number of hydrogen-bond donors (Lipinski definition) is 0. The van der Waals surface area contributed by atoms with Crippen LogP contribution in [0.15, 0.2) is 41.3 Å². The Hall–Kier alpha value is -2.62. The first-order chi connectivity index (χ1) is 13.9. The third-order valence-electron chi connectivity index (χ3n) is 4.01. The minimum absolute atomic E-state index is 0.0271. The van der Waals surface area contributed by atoms with Crippen molar-refractivity contribution in [3.8, 4) is 11.5 Å². The SMILES string of the molecule is COc1cc(SC)c(C(=O)/C=C/c2cc(C(F)(F)F)cc(C(F)(F)F)c2)cc1OC. The van der Waals surface area contributed by atoms with Crippen LogP contribution in [0.2, 0.25) is 0 Å². The molecular weight excluding hydrogens is 434 g/mol. The highest BCUT2D eigenvalue weighted by Gasteiger charge is 2.36. The Morgan fingerprint density at radius 2 is 1.37 bits per heavy atom. The van der Waals surface area contributed by atoms with E-state index in [0.717, 1.165) is 12.2 Å². The highest BCUT2D eigenvalue weighted by Crippen LogP contribution is 2.37. The number of benzene rings is 2. The maximum Gasteiger partial charge on any atom is 0.416 e. The molecule has 0 atom stereocenters. The van der Waals surface area contributed by atoms with Crippen LogP contribution in [0.4, 0.5) is 26.3 Å². The van der Waals surface area contributed by atoms with Gasteiger partial charge in [-0.3, -0.25) is 4.79 Å². The fraction of sp³-hybridized carbons (Fsp3) is 0.250. The van der Waals surface area contributed by atoms with E-state index in [1.165, 1.54) is 32.0 Å². The molecule has 0 bridgehead atoms. The lowest BCUT2D eigenvalue weighted by Crippen LogP contribution is -2.11. The zero-order valence-corrected chi connectivity index (χ0v) is 16.8. The number of ether oxygens (including phenoxy) is 2. The average Bonchev–Trinajstić information content (AvgIpc) is 2.69. The molecule has 0 heterocycles. The van der Waals surface area contributed by atoms with E-state index in [2.05, 4.69) is 0 Å². The van der Waals surface area contributed by atoms with Crippen molar-refractivity contribution in [1.29, 1.82) is 0 Å². The number of halogens is 6. The van der Waals surface area contributed by atoms with Crippen LogP contribution in [0, 0.1) is 0 Å². The van der Waals surface area contributed by atoms with Crippen molar-refractivity contribution >= 4 is 23.6 Å². The van der Waals surface area contributed by atoms with E-state index in [0.29, 0.717) is 22.8 Å². The molecule has 3 nitrogen and oxygen atoms in total. The number of thioether (sulfide) groups is 1. The van der Waals surface area contributed by atoms with Crippen molar-refractivity contribution in [2.45, 2.75) is 17.2 Å². The standard InChI is InChI=1S/C20H16F6O3S/c1-28-16-9-14(18(30-3)10-17(16)29-2)15(27)5-4-11-6-12(19(21,22)23)8-13(7-11)20(24,25)26/h4-10H,1-3H3/b5-4+. The zero-order chi connectivity index (χ0) is 22.7. The van der Waals surface area contributed by atoms with Gasteiger partial charge in [-0.25, -0.2) is 0 Å². The first-order valence-corrected chi connectivity index (χ1v) is 9.45. The highest BCUT2D eigenvalue weighted by atomic mass is 32.2. The topological polar surface area (TPSA) is 35.5 Å². The predicted molar refractivity (Wildman–Crippen MR) is 101 cm³/mol. The van der Waals surface area contributed by atoms with Gasteiger partial charge >= 0.3 is 12.4 Å². The minimum atomic E-state index is -4.97. The molecule has 0 aliphatic rings. The summed E-state index contributed by atoms with van der Waals surface area (Å²) in [5.41, 5.74) is -3.16. The van der Waals surface area contributed by atoms with Crippen molar-refractivity contribution in [3.63, 3.8) is 0 Å². The summed E-state index contributed by atoms with van der Waals surface area (Å²) >= 11 is 1.22. The third kappa shape index (κ3) is 5.50. The summed E-state index contributed by atoms with van der Waals surface area (Å²) in [6, 6.07) is 4.06. The number of carbonyl (C=O) groups excluding carboxylic acids is 1. The molecular formula is C20H16F6O3S. The molecule has 2 rings (SSSR count). The molecule has 2 aromatic rings. The molecule has 0 radical (unpaired) electrons. The van der Waals surface area contributed by atoms with E-state index in [1.807, 2.05) is 0 Å². The smallest absolute Gasteiger partial charge is 0.416 e. The molecule has 10 heteroatoms. The Morgan fingerprint density at radius 3 is 1.80 bits per heavy atom. The Balaban J connectivity index is 2.48. The Labute approximate surface area is 172 Å². The molecule has 0 spiro atoms. The van der Waals surface area contributed by atoms with Gasteiger partial charge in [0.15, 0.2) is 17.3 Å². The van der Waals surface area contributed by atoms with Gasteiger partial charge in [-0.15, -0.1) is 11.8 Å². The average molecular weight is 450 g/mol. The van der Waals surface area contributed by atoms with Crippen LogP contribution in [-0.4, -0.2) is 26.3 Å². The highest BCUT2D eigenvalue weighted by molar-refractivity contribution is 7.98. The van der Waals surface area contributed by atoms with Gasteiger partial charge in [0.05, 0.1) is 25.3 Å². The minimum Gasteiger partial charge on any atom is -0.493 e. The molecule has 0 aliphatic carbocycles. The van der Waals surface area contributed by atoms with Crippen LogP contribution < -0.4 is 9.47 Å². The molecule has 30 heavy (non-hydrogen) atoms. The molecule has 0 saturated heterocycles. The Kier molecular flexibility index (Phi) is 7.12. The number of methoxy groups -OCH3 is 2. The van der Waals surface area contributed by atoms with Crippen molar-refractivity contribution in [3.05, 3.63) is 58.7 Å². The fourth-order valence-corrected chi connectivity index (χ4v) is 3.16. The van der Waals surface area contributed by atoms with E-state index in [9.17, 15) is 31.1 Å². The second kappa shape index (κ2) is 9.03. The van der Waals surface area contributed by atoms with Gasteiger partial charge in [0.2, 0.25) is 0 Å². The van der Waals surface area contributed by atoms with Gasteiger partial charge in [-0.2, -0.15) is 26.3 Å². The van der Waals surface area contributed by atoms with E-state index in [4.69, 9.17) is 9.47 Å². The largest absolute Gasteiger partial charge is 0.493 e. The second-order valence-corrected chi connectivity index (χ2v) is 6.79. The normalized spacial score (nSPS) is 12.3.